The zero-order chi connectivity index (χ0) is 10.9. The topological polar surface area (TPSA) is 34.1 Å². The third kappa shape index (κ3) is 0.636. The van der Waals surface area contributed by atoms with Crippen molar-refractivity contribution in [1.29, 1.82) is 0 Å². The smallest absolute Gasteiger partial charge is 0.178 e. The Bertz CT molecular complexity index is 721. The normalized spacial score (nSPS) is 29.0. The monoisotopic (exact) mass is 208 g/mol. The van der Waals surface area contributed by atoms with Gasteiger partial charge in [0.25, 0.3) is 0 Å². The van der Waals surface area contributed by atoms with Crippen LogP contribution in [0.4, 0.5) is 0 Å². The van der Waals surface area contributed by atoms with Crippen molar-refractivity contribution in [1.82, 2.24) is 0 Å². The molecule has 1 aromatic carbocycles. The van der Waals surface area contributed by atoms with Gasteiger partial charge in [0, 0.05) is 6.42 Å². The van der Waals surface area contributed by atoms with Gasteiger partial charge in [0.05, 0.1) is 0 Å². The van der Waals surface area contributed by atoms with Crippen LogP contribution in [-0.4, -0.2) is 11.6 Å². The van der Waals surface area contributed by atoms with E-state index in [0.29, 0.717) is 6.42 Å². The number of carbonyl (C=O) groups is 2. The van der Waals surface area contributed by atoms with E-state index < -0.39 is 5.41 Å². The van der Waals surface area contributed by atoms with Crippen molar-refractivity contribution in [3.8, 4) is 0 Å². The number of Topliss-reactive ketones (excluding diaryl/α,β-unsaturated/α-hetero) is 2. The molecule has 1 unspecified atom stereocenters. The van der Waals surface area contributed by atoms with Crippen LogP contribution in [0.3, 0.4) is 0 Å². The summed E-state index contributed by atoms with van der Waals surface area (Å²) in [7, 11) is 0. The average Bonchev–Trinajstić information content (AvgIpc) is 2.87. The first-order valence-corrected chi connectivity index (χ1v) is 5.36. The van der Waals surface area contributed by atoms with Gasteiger partial charge in [0.15, 0.2) is 11.6 Å². The molecule has 0 aromatic heterocycles. The maximum absolute atomic E-state index is 12.1. The largest absolute Gasteiger partial charge is 0.297 e. The number of benzene rings is 1. The van der Waals surface area contributed by atoms with E-state index in [1.165, 1.54) is 0 Å². The molecule has 0 bridgehead atoms. The molecule has 0 aliphatic heterocycles. The van der Waals surface area contributed by atoms with Crippen LogP contribution in [0.15, 0.2) is 35.9 Å². The van der Waals surface area contributed by atoms with Crippen molar-refractivity contribution in [2.45, 2.75) is 6.42 Å². The molecule has 0 radical (unpaired) electrons. The van der Waals surface area contributed by atoms with E-state index in [2.05, 4.69) is 0 Å². The van der Waals surface area contributed by atoms with Gasteiger partial charge in [-0.25, -0.2) is 0 Å². The van der Waals surface area contributed by atoms with E-state index in [1.807, 2.05) is 30.3 Å². The molecule has 4 rings (SSSR count). The second-order valence-electron chi connectivity index (χ2n) is 4.47. The number of ketones is 2. The summed E-state index contributed by atoms with van der Waals surface area (Å²) in [5.74, 6) is 0.00297. The summed E-state index contributed by atoms with van der Waals surface area (Å²) in [5.41, 5.74) is 1.09. The zero-order valence-electron chi connectivity index (χ0n) is 8.49. The molecule has 1 aromatic rings. The van der Waals surface area contributed by atoms with Crippen LogP contribution in [0.1, 0.15) is 6.42 Å². The van der Waals surface area contributed by atoms with E-state index in [0.717, 1.165) is 21.6 Å². The molecule has 0 saturated heterocycles. The molecule has 2 nitrogen and oxygen atoms in total. The molecule has 2 heteroatoms. The van der Waals surface area contributed by atoms with E-state index >= 15 is 0 Å². The molecule has 0 heterocycles. The van der Waals surface area contributed by atoms with Crippen molar-refractivity contribution in [2.75, 3.05) is 0 Å². The molecule has 1 fully saturated rings. The minimum atomic E-state index is -0.839. The van der Waals surface area contributed by atoms with Crippen molar-refractivity contribution >= 4 is 23.2 Å². The highest BCUT2D eigenvalue weighted by atomic mass is 16.2. The molecule has 0 amide bonds. The minimum Gasteiger partial charge on any atom is -0.297 e. The van der Waals surface area contributed by atoms with Crippen molar-refractivity contribution < 1.29 is 9.59 Å². The summed E-state index contributed by atoms with van der Waals surface area (Å²) in [5, 5.41) is 2.00. The predicted octanol–water partition coefficient (Wildman–Crippen LogP) is 0.0997. The Kier molecular flexibility index (Phi) is 1.15. The van der Waals surface area contributed by atoms with Gasteiger partial charge in [-0.15, -0.1) is 0 Å². The van der Waals surface area contributed by atoms with E-state index in [9.17, 15) is 9.59 Å². The summed E-state index contributed by atoms with van der Waals surface area (Å²) >= 11 is 0. The van der Waals surface area contributed by atoms with Gasteiger partial charge in [-0.2, -0.15) is 0 Å². The highest BCUT2D eigenvalue weighted by Crippen LogP contribution is 2.64. The molecule has 3 aliphatic rings. The van der Waals surface area contributed by atoms with Crippen molar-refractivity contribution in [2.24, 2.45) is 5.41 Å². The number of fused-ring (bicyclic) bond motifs is 2. The van der Waals surface area contributed by atoms with Crippen molar-refractivity contribution in [3.63, 3.8) is 0 Å². The summed E-state index contributed by atoms with van der Waals surface area (Å²) in [6.45, 7) is 0. The van der Waals surface area contributed by atoms with Crippen LogP contribution in [0, 0.1) is 5.41 Å². The molecule has 76 valence electrons. The van der Waals surface area contributed by atoms with E-state index in [1.54, 1.807) is 6.08 Å². The highest BCUT2D eigenvalue weighted by Gasteiger charge is 2.68. The lowest BCUT2D eigenvalue weighted by Gasteiger charge is -2.08. The van der Waals surface area contributed by atoms with Crippen LogP contribution in [0.2, 0.25) is 0 Å². The first-order valence-electron chi connectivity index (χ1n) is 5.36. The summed E-state index contributed by atoms with van der Waals surface area (Å²) in [4.78, 5) is 24.0. The number of hydrogen-bond acceptors (Lipinski definition) is 2. The molecule has 1 saturated carbocycles. The number of hydrogen-bond donors (Lipinski definition) is 0. The van der Waals surface area contributed by atoms with Gasteiger partial charge in [-0.3, -0.25) is 9.59 Å². The Morgan fingerprint density at radius 3 is 2.81 bits per heavy atom. The average molecular weight is 208 g/mol. The fourth-order valence-corrected chi connectivity index (χ4v) is 3.03. The first kappa shape index (κ1) is 8.22. The Labute approximate surface area is 91.6 Å². The lowest BCUT2D eigenvalue weighted by atomic mass is 9.90. The molecule has 16 heavy (non-hydrogen) atoms. The van der Waals surface area contributed by atoms with Gasteiger partial charge in [-0.05, 0) is 27.7 Å². The lowest BCUT2D eigenvalue weighted by Crippen LogP contribution is -2.35. The molecular formula is C14H8O2. The minimum absolute atomic E-state index is 0.0463. The zero-order valence-corrected chi connectivity index (χ0v) is 8.49. The second kappa shape index (κ2) is 2.24. The second-order valence-corrected chi connectivity index (χ2v) is 4.47. The number of carbonyl (C=O) groups excluding carboxylic acids is 2. The Balaban J connectivity index is 2.25. The third-order valence-electron chi connectivity index (χ3n) is 3.78. The molecule has 0 N–H and O–H groups in total. The van der Waals surface area contributed by atoms with Crippen LogP contribution >= 0.6 is 0 Å². The van der Waals surface area contributed by atoms with Crippen LogP contribution in [0.25, 0.3) is 11.6 Å². The molecular weight excluding hydrogens is 200 g/mol. The van der Waals surface area contributed by atoms with Gasteiger partial charge in [0.1, 0.15) is 5.41 Å². The number of rotatable bonds is 0. The molecule has 1 spiro atoms. The van der Waals surface area contributed by atoms with Crippen molar-refractivity contribution in [3.05, 3.63) is 46.4 Å². The predicted molar refractivity (Wildman–Crippen MR) is 58.7 cm³/mol. The Hall–Kier alpha value is -1.96. The summed E-state index contributed by atoms with van der Waals surface area (Å²) in [6, 6.07) is 7.77. The van der Waals surface area contributed by atoms with Gasteiger partial charge >= 0.3 is 0 Å². The van der Waals surface area contributed by atoms with Crippen LogP contribution in [-0.2, 0) is 9.59 Å². The SMILES string of the molecule is O=C1C=c2ccccc2=C2C3=CCC(=O)C132. The standard InChI is InChI=1S/C14H8O2/c15-11-6-5-10-13-9-4-2-1-3-8(9)7-12(16)14(10,11)13/h1-5,7H,6H2. The maximum Gasteiger partial charge on any atom is 0.178 e. The van der Waals surface area contributed by atoms with E-state index in [4.69, 9.17) is 0 Å². The van der Waals surface area contributed by atoms with Gasteiger partial charge in [0.2, 0.25) is 0 Å². The first-order chi connectivity index (χ1) is 7.76. The van der Waals surface area contributed by atoms with Crippen LogP contribution < -0.4 is 10.4 Å². The third-order valence-corrected chi connectivity index (χ3v) is 3.78. The lowest BCUT2D eigenvalue weighted by molar-refractivity contribution is -0.128. The maximum atomic E-state index is 12.1. The highest BCUT2D eigenvalue weighted by molar-refractivity contribution is 6.41. The summed E-state index contributed by atoms with van der Waals surface area (Å²) < 4.78 is 0. The van der Waals surface area contributed by atoms with Gasteiger partial charge in [-0.1, -0.05) is 30.3 Å². The number of allylic oxidation sites excluding steroid dienone is 2. The molecule has 3 aliphatic carbocycles. The molecule has 1 atom stereocenters. The Morgan fingerprint density at radius 1 is 1.12 bits per heavy atom. The quantitative estimate of drug-likeness (QED) is 0.567. The van der Waals surface area contributed by atoms with Crippen LogP contribution in [0.5, 0.6) is 0 Å². The van der Waals surface area contributed by atoms with E-state index in [-0.39, 0.29) is 11.6 Å². The van der Waals surface area contributed by atoms with Gasteiger partial charge < -0.3 is 0 Å². The fraction of sp³-hybridized carbons (Fsp3) is 0.143. The summed E-state index contributed by atoms with van der Waals surface area (Å²) in [6.07, 6.45) is 3.94. The Morgan fingerprint density at radius 2 is 1.94 bits per heavy atom. The fourth-order valence-electron chi connectivity index (χ4n) is 3.03.